The Morgan fingerprint density at radius 1 is 1.18 bits per heavy atom. The predicted molar refractivity (Wildman–Crippen MR) is 76.7 cm³/mol. The van der Waals surface area contributed by atoms with Gasteiger partial charge in [-0.2, -0.15) is 13.2 Å². The van der Waals surface area contributed by atoms with Crippen LogP contribution in [0.5, 0.6) is 0 Å². The molecule has 1 aromatic carbocycles. The molecule has 2 rings (SSSR count). The van der Waals surface area contributed by atoms with Gasteiger partial charge in [-0.25, -0.2) is 4.39 Å². The van der Waals surface area contributed by atoms with Crippen molar-refractivity contribution < 1.29 is 22.4 Å². The van der Waals surface area contributed by atoms with Crippen molar-refractivity contribution in [1.82, 2.24) is 5.32 Å². The van der Waals surface area contributed by atoms with Crippen LogP contribution in [0.1, 0.15) is 16.5 Å². The summed E-state index contributed by atoms with van der Waals surface area (Å²) in [5.41, 5.74) is -0.230. The minimum absolute atomic E-state index is 0.230. The third kappa shape index (κ3) is 4.42. The largest absolute Gasteiger partial charge is 0.412 e. The predicted octanol–water partition coefficient (Wildman–Crippen LogP) is 4.32. The molecule has 0 aliphatic carbocycles. The van der Waals surface area contributed by atoms with Crippen LogP contribution in [0, 0.1) is 5.82 Å². The van der Waals surface area contributed by atoms with Gasteiger partial charge in [-0.1, -0.05) is 18.2 Å². The van der Waals surface area contributed by atoms with E-state index in [0.29, 0.717) is 0 Å². The average Bonchev–Trinajstić information content (AvgIpc) is 2.96. The highest BCUT2D eigenvalue weighted by atomic mass is 32.1. The quantitative estimate of drug-likeness (QED) is 0.657. The zero-order chi connectivity index (χ0) is 16.2. The molecule has 0 spiro atoms. The van der Waals surface area contributed by atoms with E-state index in [2.05, 4.69) is 0 Å². The average molecular weight is 329 g/mol. The van der Waals surface area contributed by atoms with Crippen molar-refractivity contribution in [2.45, 2.75) is 12.2 Å². The van der Waals surface area contributed by atoms with E-state index in [4.69, 9.17) is 0 Å². The van der Waals surface area contributed by atoms with E-state index in [1.807, 2.05) is 5.32 Å². The number of halogens is 4. The first-order valence-corrected chi connectivity index (χ1v) is 7.08. The topological polar surface area (TPSA) is 29.1 Å². The van der Waals surface area contributed by atoms with E-state index in [1.54, 1.807) is 17.5 Å². The van der Waals surface area contributed by atoms with Crippen molar-refractivity contribution in [3.8, 4) is 0 Å². The zero-order valence-corrected chi connectivity index (χ0v) is 11.9. The lowest BCUT2D eigenvalue weighted by Gasteiger charge is -2.21. The summed E-state index contributed by atoms with van der Waals surface area (Å²) in [5.74, 6) is -1.52. The monoisotopic (exact) mass is 329 g/mol. The SMILES string of the molecule is O=C(/C=C/c1cccs1)NC(c1ccc(F)cc1)C(F)(F)F. The molecule has 1 heterocycles. The minimum atomic E-state index is -4.68. The molecule has 1 amide bonds. The molecule has 2 aromatic rings. The van der Waals surface area contributed by atoms with Gasteiger partial charge in [0.2, 0.25) is 5.91 Å². The third-order valence-electron chi connectivity index (χ3n) is 2.76. The summed E-state index contributed by atoms with van der Waals surface area (Å²) < 4.78 is 52.0. The smallest absolute Gasteiger partial charge is 0.337 e. The van der Waals surface area contributed by atoms with E-state index in [9.17, 15) is 22.4 Å². The molecule has 116 valence electrons. The number of amides is 1. The van der Waals surface area contributed by atoms with Crippen molar-refractivity contribution in [1.29, 1.82) is 0 Å². The van der Waals surface area contributed by atoms with Crippen molar-refractivity contribution in [2.75, 3.05) is 0 Å². The lowest BCUT2D eigenvalue weighted by atomic mass is 10.1. The molecular formula is C15H11F4NOS. The highest BCUT2D eigenvalue weighted by Gasteiger charge is 2.41. The summed E-state index contributed by atoms with van der Waals surface area (Å²) >= 11 is 1.36. The molecule has 0 bridgehead atoms. The van der Waals surface area contributed by atoms with Crippen LogP contribution in [0.3, 0.4) is 0 Å². The molecule has 22 heavy (non-hydrogen) atoms. The molecule has 0 saturated heterocycles. The van der Waals surface area contributed by atoms with Gasteiger partial charge in [0.1, 0.15) is 5.82 Å². The normalized spacial score (nSPS) is 13.3. The van der Waals surface area contributed by atoms with Crippen LogP contribution in [0.2, 0.25) is 0 Å². The molecule has 0 aliphatic heterocycles. The fourth-order valence-corrected chi connectivity index (χ4v) is 2.36. The third-order valence-corrected chi connectivity index (χ3v) is 3.60. The van der Waals surface area contributed by atoms with Gasteiger partial charge in [-0.3, -0.25) is 4.79 Å². The Kier molecular flexibility index (Phi) is 4.97. The summed E-state index contributed by atoms with van der Waals surface area (Å²) in [6.07, 6.45) is -2.21. The van der Waals surface area contributed by atoms with E-state index in [0.717, 1.165) is 35.2 Å². The maximum absolute atomic E-state index is 13.0. The van der Waals surface area contributed by atoms with E-state index < -0.39 is 23.9 Å². The van der Waals surface area contributed by atoms with Crippen molar-refractivity contribution in [3.63, 3.8) is 0 Å². The summed E-state index contributed by atoms with van der Waals surface area (Å²) in [6.45, 7) is 0. The van der Waals surface area contributed by atoms with Gasteiger partial charge < -0.3 is 5.32 Å². The second-order valence-electron chi connectivity index (χ2n) is 4.38. The van der Waals surface area contributed by atoms with Crippen LogP contribution in [0.25, 0.3) is 6.08 Å². The molecule has 1 unspecified atom stereocenters. The number of benzene rings is 1. The Labute approximate surface area is 128 Å². The van der Waals surface area contributed by atoms with Crippen LogP contribution < -0.4 is 5.32 Å². The van der Waals surface area contributed by atoms with Crippen LogP contribution in [-0.4, -0.2) is 12.1 Å². The van der Waals surface area contributed by atoms with Crippen LogP contribution >= 0.6 is 11.3 Å². The first-order chi connectivity index (χ1) is 10.4. The number of alkyl halides is 3. The number of carbonyl (C=O) groups excluding carboxylic acids is 1. The Bertz CT molecular complexity index is 647. The zero-order valence-electron chi connectivity index (χ0n) is 11.1. The summed E-state index contributed by atoms with van der Waals surface area (Å²) in [5, 5.41) is 3.67. The van der Waals surface area contributed by atoms with Gasteiger partial charge in [0, 0.05) is 11.0 Å². The van der Waals surface area contributed by atoms with Gasteiger partial charge in [-0.15, -0.1) is 11.3 Å². The molecule has 0 saturated carbocycles. The first kappa shape index (κ1) is 16.2. The lowest BCUT2D eigenvalue weighted by molar-refractivity contribution is -0.162. The highest BCUT2D eigenvalue weighted by Crippen LogP contribution is 2.32. The molecule has 1 atom stereocenters. The van der Waals surface area contributed by atoms with Crippen LogP contribution in [-0.2, 0) is 4.79 Å². The van der Waals surface area contributed by atoms with E-state index in [1.165, 1.54) is 17.4 Å². The summed E-state index contributed by atoms with van der Waals surface area (Å²) in [7, 11) is 0. The molecule has 7 heteroatoms. The summed E-state index contributed by atoms with van der Waals surface area (Å²) in [6, 6.07) is 5.14. The van der Waals surface area contributed by atoms with E-state index in [-0.39, 0.29) is 5.56 Å². The second kappa shape index (κ2) is 6.74. The van der Waals surface area contributed by atoms with Crippen molar-refractivity contribution in [3.05, 3.63) is 64.1 Å². The van der Waals surface area contributed by atoms with Gasteiger partial charge in [0.05, 0.1) is 0 Å². The molecule has 2 nitrogen and oxygen atoms in total. The number of hydrogen-bond donors (Lipinski definition) is 1. The maximum Gasteiger partial charge on any atom is 0.412 e. The Morgan fingerprint density at radius 2 is 1.86 bits per heavy atom. The fraction of sp³-hybridized carbons (Fsp3) is 0.133. The standard InChI is InChI=1S/C15H11F4NOS/c16-11-5-3-10(4-6-11)14(15(17,18)19)20-13(21)8-7-12-2-1-9-22-12/h1-9,14H,(H,20,21)/b8-7+. The van der Waals surface area contributed by atoms with E-state index >= 15 is 0 Å². The molecule has 1 aromatic heterocycles. The number of carbonyl (C=O) groups is 1. The number of thiophene rings is 1. The Morgan fingerprint density at radius 3 is 2.41 bits per heavy atom. The second-order valence-corrected chi connectivity index (χ2v) is 5.36. The molecular weight excluding hydrogens is 318 g/mol. The summed E-state index contributed by atoms with van der Waals surface area (Å²) in [4.78, 5) is 12.4. The Balaban J connectivity index is 2.13. The Hall–Kier alpha value is -2.15. The number of rotatable bonds is 4. The maximum atomic E-state index is 13.0. The molecule has 0 fully saturated rings. The fourth-order valence-electron chi connectivity index (χ4n) is 1.74. The van der Waals surface area contributed by atoms with Gasteiger partial charge in [0.25, 0.3) is 0 Å². The molecule has 0 aliphatic rings. The molecule has 1 N–H and O–H groups in total. The molecule has 0 radical (unpaired) electrons. The van der Waals surface area contributed by atoms with Gasteiger partial charge in [0.15, 0.2) is 6.04 Å². The van der Waals surface area contributed by atoms with Gasteiger partial charge in [-0.05, 0) is 35.2 Å². The van der Waals surface area contributed by atoms with Crippen molar-refractivity contribution in [2.24, 2.45) is 0 Å². The van der Waals surface area contributed by atoms with Crippen LogP contribution in [0.15, 0.2) is 47.9 Å². The van der Waals surface area contributed by atoms with Crippen LogP contribution in [0.4, 0.5) is 17.6 Å². The first-order valence-electron chi connectivity index (χ1n) is 6.20. The lowest BCUT2D eigenvalue weighted by Crippen LogP contribution is -2.37. The minimum Gasteiger partial charge on any atom is -0.337 e. The number of nitrogens with one attached hydrogen (secondary N) is 1. The number of hydrogen-bond acceptors (Lipinski definition) is 2. The van der Waals surface area contributed by atoms with Crippen molar-refractivity contribution >= 4 is 23.3 Å². The van der Waals surface area contributed by atoms with Gasteiger partial charge >= 0.3 is 6.18 Å². The highest BCUT2D eigenvalue weighted by molar-refractivity contribution is 7.10.